The SMILES string of the molecule is CC12CCCC1(S(=O)(=O)O)Nc1c(nc(N)[nH]c1=O)N2. The lowest BCUT2D eigenvalue weighted by atomic mass is 9.92. The van der Waals surface area contributed by atoms with Crippen LogP contribution in [0.15, 0.2) is 4.79 Å². The fourth-order valence-corrected chi connectivity index (χ4v) is 4.53. The zero-order valence-electron chi connectivity index (χ0n) is 10.7. The Balaban J connectivity index is 2.26. The molecule has 0 amide bonds. The van der Waals surface area contributed by atoms with Crippen molar-refractivity contribution in [2.24, 2.45) is 0 Å². The first kappa shape index (κ1) is 13.2. The lowest BCUT2D eigenvalue weighted by Crippen LogP contribution is -2.65. The van der Waals surface area contributed by atoms with Gasteiger partial charge in [-0.25, -0.2) is 0 Å². The predicted molar refractivity (Wildman–Crippen MR) is 73.1 cm³/mol. The molecule has 9 nitrogen and oxygen atoms in total. The Labute approximate surface area is 114 Å². The maximum absolute atomic E-state index is 11.9. The number of rotatable bonds is 1. The molecule has 0 aromatic carbocycles. The molecule has 6 N–H and O–H groups in total. The summed E-state index contributed by atoms with van der Waals surface area (Å²) in [7, 11) is -4.44. The second kappa shape index (κ2) is 3.64. The Morgan fingerprint density at radius 2 is 2.05 bits per heavy atom. The fraction of sp³-hybridized carbons (Fsp3) is 0.600. The molecule has 0 spiro atoms. The number of anilines is 3. The minimum atomic E-state index is -4.44. The van der Waals surface area contributed by atoms with Gasteiger partial charge in [-0.05, 0) is 26.2 Å². The number of nitrogens with one attached hydrogen (secondary N) is 3. The molecule has 2 unspecified atom stereocenters. The number of hydrogen-bond donors (Lipinski definition) is 5. The van der Waals surface area contributed by atoms with Crippen molar-refractivity contribution < 1.29 is 13.0 Å². The largest absolute Gasteiger partial charge is 0.369 e. The number of H-pyrrole nitrogens is 1. The second-order valence-corrected chi connectivity index (χ2v) is 7.06. The molecule has 1 aliphatic carbocycles. The average molecular weight is 301 g/mol. The minimum Gasteiger partial charge on any atom is -0.369 e. The fourth-order valence-electron chi connectivity index (χ4n) is 3.17. The van der Waals surface area contributed by atoms with E-state index in [4.69, 9.17) is 5.73 Å². The summed E-state index contributed by atoms with van der Waals surface area (Å²) in [4.78, 5) is 16.5. The highest BCUT2D eigenvalue weighted by Gasteiger charge is 2.63. The van der Waals surface area contributed by atoms with Gasteiger partial charge in [0, 0.05) is 0 Å². The van der Waals surface area contributed by atoms with Crippen molar-refractivity contribution in [3.8, 4) is 0 Å². The first-order chi connectivity index (χ1) is 9.19. The Morgan fingerprint density at radius 3 is 2.70 bits per heavy atom. The maximum Gasteiger partial charge on any atom is 0.291 e. The normalized spacial score (nSPS) is 31.9. The maximum atomic E-state index is 11.9. The van der Waals surface area contributed by atoms with E-state index in [9.17, 15) is 17.8 Å². The van der Waals surface area contributed by atoms with E-state index in [0.717, 1.165) is 0 Å². The molecule has 1 aliphatic heterocycles. The number of nitrogens with two attached hydrogens (primary N) is 1. The summed E-state index contributed by atoms with van der Waals surface area (Å²) in [6, 6.07) is 0. The smallest absolute Gasteiger partial charge is 0.291 e. The highest BCUT2D eigenvalue weighted by molar-refractivity contribution is 7.87. The van der Waals surface area contributed by atoms with Crippen LogP contribution in [0.2, 0.25) is 0 Å². The van der Waals surface area contributed by atoms with Crippen molar-refractivity contribution in [2.45, 2.75) is 36.6 Å². The van der Waals surface area contributed by atoms with Gasteiger partial charge < -0.3 is 16.4 Å². The molecule has 20 heavy (non-hydrogen) atoms. The summed E-state index contributed by atoms with van der Waals surface area (Å²) in [6.07, 6.45) is 1.28. The zero-order chi connectivity index (χ0) is 14.8. The first-order valence-corrected chi connectivity index (χ1v) is 7.56. The van der Waals surface area contributed by atoms with Crippen LogP contribution in [0.25, 0.3) is 0 Å². The molecule has 0 saturated heterocycles. The number of aromatic amines is 1. The lowest BCUT2D eigenvalue weighted by molar-refractivity contribution is 0.370. The van der Waals surface area contributed by atoms with E-state index in [-0.39, 0.29) is 23.9 Å². The lowest BCUT2D eigenvalue weighted by Gasteiger charge is -2.46. The Bertz CT molecular complexity index is 745. The van der Waals surface area contributed by atoms with Crippen molar-refractivity contribution in [3.63, 3.8) is 0 Å². The van der Waals surface area contributed by atoms with E-state index < -0.39 is 26.1 Å². The first-order valence-electron chi connectivity index (χ1n) is 6.12. The van der Waals surface area contributed by atoms with Crippen molar-refractivity contribution in [1.82, 2.24) is 9.97 Å². The molecular weight excluding hydrogens is 286 g/mol. The quantitative estimate of drug-likeness (QED) is 0.444. The third-order valence-corrected chi connectivity index (χ3v) is 5.83. The average Bonchev–Trinajstić information content (AvgIpc) is 2.63. The van der Waals surface area contributed by atoms with Gasteiger partial charge in [-0.3, -0.25) is 14.3 Å². The van der Waals surface area contributed by atoms with Crippen LogP contribution in [0.5, 0.6) is 0 Å². The summed E-state index contributed by atoms with van der Waals surface area (Å²) < 4.78 is 33.4. The molecule has 2 heterocycles. The van der Waals surface area contributed by atoms with E-state index in [1.165, 1.54) is 0 Å². The summed E-state index contributed by atoms with van der Waals surface area (Å²) >= 11 is 0. The second-order valence-electron chi connectivity index (χ2n) is 5.41. The highest BCUT2D eigenvalue weighted by Crippen LogP contribution is 2.49. The Hall–Kier alpha value is -1.81. The molecule has 2 aliphatic rings. The number of nitrogens with zero attached hydrogens (tertiary/aromatic N) is 1. The van der Waals surface area contributed by atoms with Gasteiger partial charge in [0.15, 0.2) is 10.7 Å². The Kier molecular flexibility index (Phi) is 2.40. The summed E-state index contributed by atoms with van der Waals surface area (Å²) in [5.41, 5.74) is 3.89. The molecule has 110 valence electrons. The van der Waals surface area contributed by atoms with Crippen LogP contribution in [0.1, 0.15) is 26.2 Å². The van der Waals surface area contributed by atoms with Gasteiger partial charge in [0.2, 0.25) is 5.95 Å². The molecule has 10 heteroatoms. The van der Waals surface area contributed by atoms with Gasteiger partial charge in [0.1, 0.15) is 5.69 Å². The van der Waals surface area contributed by atoms with Crippen LogP contribution in [0.4, 0.5) is 17.5 Å². The molecule has 1 aromatic heterocycles. The van der Waals surface area contributed by atoms with Crippen LogP contribution >= 0.6 is 0 Å². The van der Waals surface area contributed by atoms with Gasteiger partial charge in [-0.2, -0.15) is 13.4 Å². The van der Waals surface area contributed by atoms with E-state index >= 15 is 0 Å². The standard InChI is InChI=1S/C10H15N5O4S/c1-9-3-2-4-10(9,20(17,18)19)14-5-6(15-9)12-8(11)13-7(5)16/h14H,2-4H2,1H3,(H,17,18,19)(H4,11,12,13,15,16). The van der Waals surface area contributed by atoms with Crippen LogP contribution in [-0.4, -0.2) is 33.3 Å². The number of hydrogen-bond acceptors (Lipinski definition) is 7. The summed E-state index contributed by atoms with van der Waals surface area (Å²) in [5.74, 6) is 0.124. The third-order valence-electron chi connectivity index (χ3n) is 4.20. The highest BCUT2D eigenvalue weighted by atomic mass is 32.2. The molecule has 0 bridgehead atoms. The van der Waals surface area contributed by atoms with Crippen molar-refractivity contribution in [3.05, 3.63) is 10.4 Å². The Morgan fingerprint density at radius 1 is 1.35 bits per heavy atom. The van der Waals surface area contributed by atoms with E-state index in [0.29, 0.717) is 12.8 Å². The molecule has 0 radical (unpaired) electrons. The topological polar surface area (TPSA) is 150 Å². The van der Waals surface area contributed by atoms with E-state index in [1.54, 1.807) is 6.92 Å². The van der Waals surface area contributed by atoms with Crippen molar-refractivity contribution in [1.29, 1.82) is 0 Å². The third kappa shape index (κ3) is 1.48. The van der Waals surface area contributed by atoms with Gasteiger partial charge in [-0.15, -0.1) is 0 Å². The summed E-state index contributed by atoms with van der Waals surface area (Å²) in [5, 5.41) is 5.64. The van der Waals surface area contributed by atoms with Gasteiger partial charge in [0.25, 0.3) is 15.7 Å². The summed E-state index contributed by atoms with van der Waals surface area (Å²) in [6.45, 7) is 1.67. The molecule has 1 aromatic rings. The van der Waals surface area contributed by atoms with Crippen LogP contribution in [-0.2, 0) is 10.1 Å². The van der Waals surface area contributed by atoms with Crippen molar-refractivity contribution >= 4 is 27.6 Å². The van der Waals surface area contributed by atoms with Crippen LogP contribution in [0, 0.1) is 0 Å². The number of aromatic nitrogens is 2. The molecule has 1 fully saturated rings. The van der Waals surface area contributed by atoms with Crippen LogP contribution in [0.3, 0.4) is 0 Å². The van der Waals surface area contributed by atoms with Gasteiger partial charge in [-0.1, -0.05) is 0 Å². The molecular formula is C10H15N5O4S. The number of nitrogen functional groups attached to an aromatic ring is 1. The molecule has 2 atom stereocenters. The van der Waals surface area contributed by atoms with Gasteiger partial charge in [0.05, 0.1) is 5.54 Å². The van der Waals surface area contributed by atoms with Crippen LogP contribution < -0.4 is 21.9 Å². The van der Waals surface area contributed by atoms with E-state index in [1.807, 2.05) is 0 Å². The van der Waals surface area contributed by atoms with Crippen molar-refractivity contribution in [2.75, 3.05) is 16.4 Å². The predicted octanol–water partition coefficient (Wildman–Crippen LogP) is -0.284. The molecule has 3 rings (SSSR count). The minimum absolute atomic E-state index is 0.0313. The van der Waals surface area contributed by atoms with Gasteiger partial charge >= 0.3 is 0 Å². The number of fused-ring (bicyclic) bond motifs is 2. The monoisotopic (exact) mass is 301 g/mol. The zero-order valence-corrected chi connectivity index (χ0v) is 11.5. The molecule has 1 saturated carbocycles. The van der Waals surface area contributed by atoms with E-state index in [2.05, 4.69) is 20.6 Å².